The lowest BCUT2D eigenvalue weighted by molar-refractivity contribution is -0.144. The topological polar surface area (TPSA) is 32.8 Å². The van der Waals surface area contributed by atoms with E-state index in [1.54, 1.807) is 0 Å². The smallest absolute Gasteiger partial charge is 0.307 e. The standard InChI is InChI=1S/C21H28N2O2/c1-22(2)15-16-25-21(24)13-14-23(17-19-9-5-3-6-10-19)18-20-11-7-4-8-12-20/h3-12H,13-18H2,1-2H3. The lowest BCUT2D eigenvalue weighted by Gasteiger charge is -2.22. The van der Waals surface area contributed by atoms with Crippen molar-refractivity contribution in [1.82, 2.24) is 9.80 Å². The Morgan fingerprint density at radius 3 is 1.84 bits per heavy atom. The van der Waals surface area contributed by atoms with Gasteiger partial charge >= 0.3 is 5.97 Å². The molecule has 0 fully saturated rings. The highest BCUT2D eigenvalue weighted by molar-refractivity contribution is 5.69. The summed E-state index contributed by atoms with van der Waals surface area (Å²) in [5, 5.41) is 0. The first kappa shape index (κ1) is 19.2. The molecule has 0 radical (unpaired) electrons. The number of ether oxygens (including phenoxy) is 1. The third-order valence-electron chi connectivity index (χ3n) is 3.93. The van der Waals surface area contributed by atoms with Crippen LogP contribution in [0.3, 0.4) is 0 Å². The van der Waals surface area contributed by atoms with Gasteiger partial charge in [-0.05, 0) is 25.2 Å². The van der Waals surface area contributed by atoms with Crippen LogP contribution in [0.2, 0.25) is 0 Å². The van der Waals surface area contributed by atoms with Gasteiger partial charge in [-0.25, -0.2) is 0 Å². The predicted octanol–water partition coefficient (Wildman–Crippen LogP) is 3.18. The van der Waals surface area contributed by atoms with Gasteiger partial charge in [0.2, 0.25) is 0 Å². The zero-order valence-electron chi connectivity index (χ0n) is 15.2. The number of likely N-dealkylation sites (N-methyl/N-ethyl adjacent to an activating group) is 1. The highest BCUT2D eigenvalue weighted by Gasteiger charge is 2.11. The molecule has 0 aliphatic rings. The quantitative estimate of drug-likeness (QED) is 0.622. The number of hydrogen-bond donors (Lipinski definition) is 0. The molecule has 0 saturated carbocycles. The number of carbonyl (C=O) groups is 1. The Kier molecular flexibility index (Phi) is 8.16. The van der Waals surface area contributed by atoms with Gasteiger partial charge in [0.25, 0.3) is 0 Å². The fraction of sp³-hybridized carbons (Fsp3) is 0.381. The Balaban J connectivity index is 1.88. The molecule has 0 N–H and O–H groups in total. The van der Waals surface area contributed by atoms with E-state index in [0.717, 1.165) is 19.6 Å². The van der Waals surface area contributed by atoms with Crippen molar-refractivity contribution in [2.45, 2.75) is 19.5 Å². The molecule has 0 aliphatic carbocycles. The molecule has 4 nitrogen and oxygen atoms in total. The first-order valence-electron chi connectivity index (χ1n) is 8.74. The normalized spacial score (nSPS) is 11.0. The molecule has 0 spiro atoms. The van der Waals surface area contributed by atoms with Crippen LogP contribution < -0.4 is 0 Å². The molecule has 0 unspecified atom stereocenters. The molecule has 0 heterocycles. The van der Waals surface area contributed by atoms with Gasteiger partial charge in [0.15, 0.2) is 0 Å². The molecular formula is C21H28N2O2. The Morgan fingerprint density at radius 1 is 0.840 bits per heavy atom. The summed E-state index contributed by atoms with van der Waals surface area (Å²) in [5.41, 5.74) is 2.50. The second kappa shape index (κ2) is 10.6. The minimum absolute atomic E-state index is 0.132. The van der Waals surface area contributed by atoms with Gasteiger partial charge in [-0.15, -0.1) is 0 Å². The van der Waals surface area contributed by atoms with Crippen LogP contribution in [0.15, 0.2) is 60.7 Å². The molecule has 25 heavy (non-hydrogen) atoms. The van der Waals surface area contributed by atoms with E-state index >= 15 is 0 Å². The fourth-order valence-electron chi connectivity index (χ4n) is 2.56. The van der Waals surface area contributed by atoms with Crippen LogP contribution in [0.1, 0.15) is 17.5 Å². The second-order valence-corrected chi connectivity index (χ2v) is 6.46. The molecule has 2 aromatic carbocycles. The summed E-state index contributed by atoms with van der Waals surface area (Å²) < 4.78 is 5.30. The lowest BCUT2D eigenvalue weighted by atomic mass is 10.1. The fourth-order valence-corrected chi connectivity index (χ4v) is 2.56. The van der Waals surface area contributed by atoms with Crippen LogP contribution in [0.4, 0.5) is 0 Å². The molecule has 4 heteroatoms. The Bertz CT molecular complexity index is 573. The van der Waals surface area contributed by atoms with E-state index in [-0.39, 0.29) is 5.97 Å². The van der Waals surface area contributed by atoms with Crippen molar-refractivity contribution >= 4 is 5.97 Å². The average Bonchev–Trinajstić information content (AvgIpc) is 2.61. The van der Waals surface area contributed by atoms with Crippen molar-refractivity contribution in [1.29, 1.82) is 0 Å². The van der Waals surface area contributed by atoms with E-state index in [0.29, 0.717) is 19.6 Å². The summed E-state index contributed by atoms with van der Waals surface area (Å²) in [6.07, 6.45) is 0.410. The van der Waals surface area contributed by atoms with Crippen molar-refractivity contribution in [3.05, 3.63) is 71.8 Å². The summed E-state index contributed by atoms with van der Waals surface area (Å²) in [5.74, 6) is -0.132. The van der Waals surface area contributed by atoms with Crippen LogP contribution in [0, 0.1) is 0 Å². The summed E-state index contributed by atoms with van der Waals surface area (Å²) in [4.78, 5) is 16.3. The van der Waals surface area contributed by atoms with Crippen LogP contribution in [-0.4, -0.2) is 49.6 Å². The van der Waals surface area contributed by atoms with Gasteiger partial charge < -0.3 is 9.64 Å². The van der Waals surface area contributed by atoms with E-state index in [4.69, 9.17) is 4.74 Å². The van der Waals surface area contributed by atoms with Gasteiger partial charge in [0.05, 0.1) is 6.42 Å². The largest absolute Gasteiger partial charge is 0.464 e. The third kappa shape index (κ3) is 7.96. The van der Waals surface area contributed by atoms with Crippen molar-refractivity contribution in [3.8, 4) is 0 Å². The number of rotatable bonds is 10. The van der Waals surface area contributed by atoms with Gasteiger partial charge in [-0.1, -0.05) is 60.7 Å². The van der Waals surface area contributed by atoms with Gasteiger partial charge in [-0.2, -0.15) is 0 Å². The van der Waals surface area contributed by atoms with Crippen LogP contribution in [0.5, 0.6) is 0 Å². The van der Waals surface area contributed by atoms with Crippen LogP contribution >= 0.6 is 0 Å². The summed E-state index contributed by atoms with van der Waals surface area (Å²) >= 11 is 0. The van der Waals surface area contributed by atoms with E-state index in [1.165, 1.54) is 11.1 Å². The van der Waals surface area contributed by atoms with Crippen LogP contribution in [-0.2, 0) is 22.6 Å². The second-order valence-electron chi connectivity index (χ2n) is 6.46. The van der Waals surface area contributed by atoms with E-state index in [9.17, 15) is 4.79 Å². The monoisotopic (exact) mass is 340 g/mol. The molecule has 0 aromatic heterocycles. The molecule has 134 valence electrons. The summed E-state index contributed by atoms with van der Waals surface area (Å²) in [6.45, 7) is 3.53. The Labute approximate surface area is 151 Å². The molecule has 0 atom stereocenters. The SMILES string of the molecule is CN(C)CCOC(=O)CCN(Cc1ccccc1)Cc1ccccc1. The minimum Gasteiger partial charge on any atom is -0.464 e. The predicted molar refractivity (Wildman–Crippen MR) is 101 cm³/mol. The van der Waals surface area contributed by atoms with E-state index in [2.05, 4.69) is 29.2 Å². The van der Waals surface area contributed by atoms with E-state index in [1.807, 2.05) is 55.4 Å². The first-order valence-corrected chi connectivity index (χ1v) is 8.74. The summed E-state index contributed by atoms with van der Waals surface area (Å²) in [7, 11) is 3.94. The average molecular weight is 340 g/mol. The number of carbonyl (C=O) groups excluding carboxylic acids is 1. The maximum Gasteiger partial charge on any atom is 0.307 e. The number of hydrogen-bond acceptors (Lipinski definition) is 4. The van der Waals surface area contributed by atoms with Crippen molar-refractivity contribution < 1.29 is 9.53 Å². The van der Waals surface area contributed by atoms with Gasteiger partial charge in [0, 0.05) is 26.2 Å². The molecule has 2 aromatic rings. The molecule has 0 aliphatic heterocycles. The zero-order valence-corrected chi connectivity index (χ0v) is 15.2. The first-order chi connectivity index (χ1) is 12.1. The van der Waals surface area contributed by atoms with Crippen LogP contribution in [0.25, 0.3) is 0 Å². The molecule has 0 bridgehead atoms. The molecule has 2 rings (SSSR count). The van der Waals surface area contributed by atoms with Crippen molar-refractivity contribution in [3.63, 3.8) is 0 Å². The minimum atomic E-state index is -0.132. The van der Waals surface area contributed by atoms with Crippen molar-refractivity contribution in [2.75, 3.05) is 33.8 Å². The van der Waals surface area contributed by atoms with Crippen molar-refractivity contribution in [2.24, 2.45) is 0 Å². The number of benzene rings is 2. The van der Waals surface area contributed by atoms with Gasteiger partial charge in [-0.3, -0.25) is 9.69 Å². The zero-order chi connectivity index (χ0) is 17.9. The number of nitrogens with zero attached hydrogens (tertiary/aromatic N) is 2. The third-order valence-corrected chi connectivity index (χ3v) is 3.93. The maximum atomic E-state index is 12.0. The Hall–Kier alpha value is -2.17. The maximum absolute atomic E-state index is 12.0. The van der Waals surface area contributed by atoms with E-state index < -0.39 is 0 Å². The lowest BCUT2D eigenvalue weighted by Crippen LogP contribution is -2.27. The molecule has 0 saturated heterocycles. The molecule has 0 amide bonds. The highest BCUT2D eigenvalue weighted by Crippen LogP contribution is 2.11. The highest BCUT2D eigenvalue weighted by atomic mass is 16.5. The van der Waals surface area contributed by atoms with Gasteiger partial charge in [0.1, 0.15) is 6.61 Å². The number of esters is 1. The molecular weight excluding hydrogens is 312 g/mol. The Morgan fingerprint density at radius 2 is 1.36 bits per heavy atom. The summed E-state index contributed by atoms with van der Waals surface area (Å²) in [6, 6.07) is 20.7.